The lowest BCUT2D eigenvalue weighted by Crippen LogP contribution is -2.47. The summed E-state index contributed by atoms with van der Waals surface area (Å²) >= 11 is 0. The van der Waals surface area contributed by atoms with E-state index < -0.39 is 56.7 Å². The average molecular weight is 771 g/mol. The molecule has 308 valence electrons. The summed E-state index contributed by atoms with van der Waals surface area (Å²) in [6.45, 7) is 2.56. The molecule has 0 aliphatic carbocycles. The molecule has 0 rings (SSSR count). The van der Waals surface area contributed by atoms with Gasteiger partial charge < -0.3 is 34.6 Å². The number of aliphatic hydroxyl groups excluding tert-OH is 3. The lowest BCUT2D eigenvalue weighted by atomic mass is 10.0. The van der Waals surface area contributed by atoms with Crippen molar-refractivity contribution < 1.29 is 48.7 Å². The van der Waals surface area contributed by atoms with Crippen molar-refractivity contribution in [2.45, 2.75) is 192 Å². The number of hydrogen-bond donors (Lipinski definition) is 5. The van der Waals surface area contributed by atoms with Crippen LogP contribution >= 0.6 is 7.60 Å². The summed E-state index contributed by atoms with van der Waals surface area (Å²) in [6.07, 6.45) is 34.7. The van der Waals surface area contributed by atoms with Crippen LogP contribution in [0.25, 0.3) is 0 Å². The van der Waals surface area contributed by atoms with Crippen molar-refractivity contribution in [3.8, 4) is 0 Å². The maximum atomic E-state index is 13.3. The van der Waals surface area contributed by atoms with Gasteiger partial charge in [-0.05, 0) is 51.4 Å². The smallest absolute Gasteiger partial charge is 0.356 e. The molecule has 0 amide bonds. The fourth-order valence-electron chi connectivity index (χ4n) is 5.81. The van der Waals surface area contributed by atoms with Gasteiger partial charge in [0, 0.05) is 12.8 Å². The van der Waals surface area contributed by atoms with Crippen molar-refractivity contribution >= 4 is 19.3 Å². The number of ether oxygens (including phenoxy) is 2. The van der Waals surface area contributed by atoms with Crippen LogP contribution in [-0.2, 0) is 23.6 Å². The van der Waals surface area contributed by atoms with Crippen LogP contribution in [0, 0.1) is 0 Å². The fraction of sp³-hybridized carbons (Fsp3) is 0.762. The number of carbonyl (C=O) groups excluding carboxylic acids is 2. The largest absolute Gasteiger partial charge is 0.457 e. The molecule has 0 aliphatic heterocycles. The number of unbranched alkanes of at least 4 members (excludes halogenated alkanes) is 16. The molecule has 53 heavy (non-hydrogen) atoms. The lowest BCUT2D eigenvalue weighted by Gasteiger charge is -2.31. The van der Waals surface area contributed by atoms with Gasteiger partial charge in [0.2, 0.25) is 0 Å². The molecule has 0 aliphatic rings. The van der Waals surface area contributed by atoms with Crippen molar-refractivity contribution in [3.05, 3.63) is 48.6 Å². The molecule has 4 atom stereocenters. The molecule has 0 saturated carbocycles. The van der Waals surface area contributed by atoms with Crippen molar-refractivity contribution in [2.24, 2.45) is 0 Å². The van der Waals surface area contributed by atoms with Crippen LogP contribution in [-0.4, -0.2) is 74.2 Å². The minimum absolute atomic E-state index is 0.00449. The van der Waals surface area contributed by atoms with Gasteiger partial charge in [-0.2, -0.15) is 0 Å². The zero-order valence-corrected chi connectivity index (χ0v) is 33.9. The highest BCUT2D eigenvalue weighted by Gasteiger charge is 2.43. The predicted molar refractivity (Wildman–Crippen MR) is 214 cm³/mol. The first-order valence-electron chi connectivity index (χ1n) is 20.5. The van der Waals surface area contributed by atoms with Gasteiger partial charge in [-0.3, -0.25) is 14.2 Å². The molecule has 0 heterocycles. The zero-order valence-electron chi connectivity index (χ0n) is 33.0. The standard InChI is InChI=1S/C42H75O10P/c1-3-5-7-9-11-13-15-17-18-19-20-22-24-26-28-30-32-34-40(47)51-39(36-44)41(52-42(38(46)35-43)53(48,49)50)37(45)33-31-29-27-25-23-21-16-14-12-10-8-6-4-2/h11,13,17-18,20,22,26,28,38-39,41-44,46H,3-10,12,14-16,19,21,23-25,27,29-36H2,1-2H3,(H2,48,49,50)/b13-11-,18-17-,22-20-,28-26-/t38?,39-,41?,42?/m0/s1. The Kier molecular flexibility index (Phi) is 34.5. The van der Waals surface area contributed by atoms with E-state index in [0.29, 0.717) is 19.3 Å². The third-order valence-electron chi connectivity index (χ3n) is 8.99. The number of allylic oxidation sites excluding steroid dienone is 8. The van der Waals surface area contributed by atoms with Crippen molar-refractivity contribution in [1.29, 1.82) is 0 Å². The molecule has 0 aromatic carbocycles. The second-order valence-electron chi connectivity index (χ2n) is 13.9. The molecule has 0 aromatic rings. The van der Waals surface area contributed by atoms with Crippen molar-refractivity contribution in [3.63, 3.8) is 0 Å². The Balaban J connectivity index is 4.78. The van der Waals surface area contributed by atoms with Gasteiger partial charge in [0.15, 0.2) is 23.8 Å². The van der Waals surface area contributed by atoms with Crippen LogP contribution in [0.2, 0.25) is 0 Å². The van der Waals surface area contributed by atoms with E-state index in [1.54, 1.807) is 0 Å². The molecule has 3 unspecified atom stereocenters. The highest BCUT2D eigenvalue weighted by molar-refractivity contribution is 7.52. The normalized spacial score (nSPS) is 14.8. The first-order chi connectivity index (χ1) is 25.6. The average Bonchev–Trinajstić information content (AvgIpc) is 3.13. The third-order valence-corrected chi connectivity index (χ3v) is 10.1. The van der Waals surface area contributed by atoms with E-state index in [2.05, 4.69) is 50.3 Å². The molecule has 0 saturated heterocycles. The van der Waals surface area contributed by atoms with E-state index in [-0.39, 0.29) is 12.8 Å². The summed E-state index contributed by atoms with van der Waals surface area (Å²) in [5, 5.41) is 29.5. The molecule has 0 spiro atoms. The Morgan fingerprint density at radius 3 is 1.47 bits per heavy atom. The SMILES string of the molecule is CCCCC/C=C\C/C=C\C/C=C\C/C=C\CCCC(=O)O[C@@H](CO)C(OC(C(O)CO)P(=O)(O)O)C(=O)CCCCCCCCCCCCCCC. The second-order valence-corrected chi connectivity index (χ2v) is 15.6. The number of aliphatic hydroxyl groups is 3. The molecule has 0 radical (unpaired) electrons. The summed E-state index contributed by atoms with van der Waals surface area (Å²) in [5.74, 6) is -3.54. The summed E-state index contributed by atoms with van der Waals surface area (Å²) in [7, 11) is -5.16. The Morgan fingerprint density at radius 2 is 1.02 bits per heavy atom. The topological polar surface area (TPSA) is 171 Å². The summed E-state index contributed by atoms with van der Waals surface area (Å²) in [5.41, 5.74) is 0. The molecule has 0 bridgehead atoms. The molecule has 0 aromatic heterocycles. The lowest BCUT2D eigenvalue weighted by molar-refractivity contribution is -0.171. The van der Waals surface area contributed by atoms with Crippen molar-refractivity contribution in [2.75, 3.05) is 13.2 Å². The van der Waals surface area contributed by atoms with Gasteiger partial charge in [-0.1, -0.05) is 152 Å². The minimum atomic E-state index is -5.16. The maximum Gasteiger partial charge on any atom is 0.356 e. The highest BCUT2D eigenvalue weighted by Crippen LogP contribution is 2.44. The number of ketones is 1. The van der Waals surface area contributed by atoms with E-state index in [9.17, 15) is 39.3 Å². The van der Waals surface area contributed by atoms with Gasteiger partial charge >= 0.3 is 13.6 Å². The predicted octanol–water partition coefficient (Wildman–Crippen LogP) is 9.33. The highest BCUT2D eigenvalue weighted by atomic mass is 31.2. The van der Waals surface area contributed by atoms with Crippen LogP contribution in [0.3, 0.4) is 0 Å². The monoisotopic (exact) mass is 771 g/mol. The Bertz CT molecular complexity index is 1050. The van der Waals surface area contributed by atoms with E-state index in [4.69, 9.17) is 9.47 Å². The zero-order chi connectivity index (χ0) is 39.4. The number of hydrogen-bond acceptors (Lipinski definition) is 8. The van der Waals surface area contributed by atoms with Gasteiger partial charge in [0.05, 0.1) is 13.2 Å². The van der Waals surface area contributed by atoms with E-state index >= 15 is 0 Å². The fourth-order valence-corrected chi connectivity index (χ4v) is 6.64. The van der Waals surface area contributed by atoms with Crippen LogP contribution in [0.5, 0.6) is 0 Å². The summed E-state index contributed by atoms with van der Waals surface area (Å²) < 4.78 is 22.9. The van der Waals surface area contributed by atoms with Gasteiger partial charge in [-0.25, -0.2) is 0 Å². The third kappa shape index (κ3) is 30.0. The van der Waals surface area contributed by atoms with Crippen LogP contribution < -0.4 is 0 Å². The van der Waals surface area contributed by atoms with E-state index in [0.717, 1.165) is 51.4 Å². The van der Waals surface area contributed by atoms with Crippen LogP contribution in [0.4, 0.5) is 0 Å². The second kappa shape index (κ2) is 35.8. The molecule has 11 heteroatoms. The maximum absolute atomic E-state index is 13.3. The molecular weight excluding hydrogens is 695 g/mol. The number of Topliss-reactive ketones (excluding diaryl/α,β-unsaturated/α-hetero) is 1. The Labute approximate surface area is 321 Å². The van der Waals surface area contributed by atoms with Gasteiger partial charge in [0.25, 0.3) is 0 Å². The first-order valence-corrected chi connectivity index (χ1v) is 22.2. The van der Waals surface area contributed by atoms with E-state index in [1.807, 2.05) is 12.2 Å². The first kappa shape index (κ1) is 51.1. The molecule has 0 fully saturated rings. The van der Waals surface area contributed by atoms with Crippen LogP contribution in [0.15, 0.2) is 48.6 Å². The Morgan fingerprint density at radius 1 is 0.585 bits per heavy atom. The van der Waals surface area contributed by atoms with E-state index in [1.165, 1.54) is 70.6 Å². The Hall–Kier alpha value is -1.91. The van der Waals surface area contributed by atoms with Crippen molar-refractivity contribution in [1.82, 2.24) is 0 Å². The summed E-state index contributed by atoms with van der Waals surface area (Å²) in [6, 6.07) is 0. The van der Waals surface area contributed by atoms with Crippen LogP contribution in [0.1, 0.15) is 168 Å². The number of esters is 1. The quantitative estimate of drug-likeness (QED) is 0.0178. The van der Waals surface area contributed by atoms with Gasteiger partial charge in [0.1, 0.15) is 6.10 Å². The summed E-state index contributed by atoms with van der Waals surface area (Å²) in [4.78, 5) is 45.5. The molecule has 10 nitrogen and oxygen atoms in total. The number of rotatable bonds is 37. The minimum Gasteiger partial charge on any atom is -0.457 e. The molecule has 5 N–H and O–H groups in total. The number of carbonyl (C=O) groups is 2. The molecular formula is C42H75O10P. The van der Waals surface area contributed by atoms with Gasteiger partial charge in [-0.15, -0.1) is 0 Å².